The first-order valence-electron chi connectivity index (χ1n) is 5.68. The Morgan fingerprint density at radius 3 is 2.85 bits per heavy atom. The van der Waals surface area contributed by atoms with Gasteiger partial charge in [-0.1, -0.05) is 29.3 Å². The molecule has 1 aromatic carbocycles. The Labute approximate surface area is 128 Å². The Morgan fingerprint density at radius 1 is 1.35 bits per heavy atom. The number of carbonyl (C=O) groups is 1. The van der Waals surface area contributed by atoms with Gasteiger partial charge in [-0.3, -0.25) is 9.20 Å². The number of halogens is 2. The number of aliphatic carboxylic acids is 1. The first-order valence-corrected chi connectivity index (χ1v) is 7.31. The van der Waals surface area contributed by atoms with E-state index in [1.54, 1.807) is 22.6 Å². The molecule has 7 heteroatoms. The van der Waals surface area contributed by atoms with Crippen LogP contribution in [0.2, 0.25) is 10.0 Å². The van der Waals surface area contributed by atoms with E-state index >= 15 is 0 Å². The third kappa shape index (κ3) is 2.28. The minimum absolute atomic E-state index is 0.104. The van der Waals surface area contributed by atoms with E-state index in [9.17, 15) is 4.79 Å². The highest BCUT2D eigenvalue weighted by Crippen LogP contribution is 2.31. The third-order valence-corrected chi connectivity index (χ3v) is 4.37. The lowest BCUT2D eigenvalue weighted by molar-refractivity contribution is -0.136. The van der Waals surface area contributed by atoms with E-state index in [4.69, 9.17) is 28.3 Å². The van der Waals surface area contributed by atoms with Crippen molar-refractivity contribution in [3.05, 3.63) is 45.5 Å². The lowest BCUT2D eigenvalue weighted by Crippen LogP contribution is -2.04. The van der Waals surface area contributed by atoms with Crippen LogP contribution in [-0.2, 0) is 11.2 Å². The number of benzene rings is 1. The van der Waals surface area contributed by atoms with Gasteiger partial charge in [-0.15, -0.1) is 11.3 Å². The van der Waals surface area contributed by atoms with Gasteiger partial charge in [-0.05, 0) is 12.1 Å². The quantitative estimate of drug-likeness (QED) is 0.791. The molecule has 0 saturated carbocycles. The summed E-state index contributed by atoms with van der Waals surface area (Å²) in [7, 11) is 0. The summed E-state index contributed by atoms with van der Waals surface area (Å²) in [5, 5.41) is 11.8. The highest BCUT2D eigenvalue weighted by Gasteiger charge is 2.17. The predicted molar refractivity (Wildman–Crippen MR) is 79.9 cm³/mol. The molecule has 2 aromatic heterocycles. The molecule has 1 N–H and O–H groups in total. The van der Waals surface area contributed by atoms with Crippen molar-refractivity contribution in [2.45, 2.75) is 6.42 Å². The molecule has 0 radical (unpaired) electrons. The van der Waals surface area contributed by atoms with Crippen LogP contribution in [0.4, 0.5) is 0 Å². The van der Waals surface area contributed by atoms with E-state index in [1.807, 2.05) is 11.6 Å². The van der Waals surface area contributed by atoms with Crippen molar-refractivity contribution in [1.82, 2.24) is 9.38 Å². The van der Waals surface area contributed by atoms with Crippen LogP contribution in [0.5, 0.6) is 0 Å². The number of rotatable bonds is 3. The molecule has 4 nitrogen and oxygen atoms in total. The molecule has 0 amide bonds. The molecule has 0 bridgehead atoms. The van der Waals surface area contributed by atoms with Crippen molar-refractivity contribution in [2.24, 2.45) is 0 Å². The summed E-state index contributed by atoms with van der Waals surface area (Å²) in [6, 6.07) is 5.16. The standard InChI is InChI=1S/C13H8Cl2N2O2S/c14-8-2-1-7(5-9(8)15)12-10(6-11(18)19)17-3-4-20-13(17)16-12/h1-5H,6H2,(H,18,19). The number of aromatic nitrogens is 2. The Bertz CT molecular complexity index is 810. The Morgan fingerprint density at radius 2 is 2.15 bits per heavy atom. The molecule has 2 heterocycles. The SMILES string of the molecule is O=C(O)Cc1c(-c2ccc(Cl)c(Cl)c2)nc2sccn12. The fourth-order valence-corrected chi connectivity index (χ4v) is 3.05. The van der Waals surface area contributed by atoms with Gasteiger partial charge in [0.15, 0.2) is 4.96 Å². The molecule has 102 valence electrons. The van der Waals surface area contributed by atoms with Gasteiger partial charge in [0.25, 0.3) is 0 Å². The molecular weight excluding hydrogens is 319 g/mol. The zero-order valence-corrected chi connectivity index (χ0v) is 12.3. The highest BCUT2D eigenvalue weighted by molar-refractivity contribution is 7.15. The van der Waals surface area contributed by atoms with E-state index in [0.29, 0.717) is 21.4 Å². The Balaban J connectivity index is 2.21. The zero-order valence-electron chi connectivity index (χ0n) is 10.0. The fourth-order valence-electron chi connectivity index (χ4n) is 2.02. The van der Waals surface area contributed by atoms with Crippen LogP contribution in [0, 0.1) is 0 Å². The van der Waals surface area contributed by atoms with E-state index in [-0.39, 0.29) is 6.42 Å². The smallest absolute Gasteiger partial charge is 0.309 e. The molecule has 0 unspecified atom stereocenters. The van der Waals surface area contributed by atoms with Gasteiger partial charge in [0.05, 0.1) is 27.9 Å². The molecule has 3 aromatic rings. The molecule has 20 heavy (non-hydrogen) atoms. The van der Waals surface area contributed by atoms with Gasteiger partial charge in [-0.25, -0.2) is 4.98 Å². The lowest BCUT2D eigenvalue weighted by Gasteiger charge is -2.03. The topological polar surface area (TPSA) is 54.6 Å². The van der Waals surface area contributed by atoms with Crippen LogP contribution in [0.1, 0.15) is 5.69 Å². The van der Waals surface area contributed by atoms with Gasteiger partial charge >= 0.3 is 5.97 Å². The number of hydrogen-bond donors (Lipinski definition) is 1. The van der Waals surface area contributed by atoms with Crippen molar-refractivity contribution >= 4 is 45.5 Å². The van der Waals surface area contributed by atoms with E-state index in [2.05, 4.69) is 4.98 Å². The molecule has 0 atom stereocenters. The zero-order chi connectivity index (χ0) is 14.3. The highest BCUT2D eigenvalue weighted by atomic mass is 35.5. The monoisotopic (exact) mass is 326 g/mol. The van der Waals surface area contributed by atoms with Crippen molar-refractivity contribution in [1.29, 1.82) is 0 Å². The summed E-state index contributed by atoms with van der Waals surface area (Å²) >= 11 is 13.4. The number of thiazole rings is 1. The second kappa shape index (κ2) is 5.09. The maximum atomic E-state index is 11.1. The second-order valence-corrected chi connectivity index (χ2v) is 5.85. The molecular formula is C13H8Cl2N2O2S. The Hall–Kier alpha value is -1.56. The lowest BCUT2D eigenvalue weighted by atomic mass is 10.1. The summed E-state index contributed by atoms with van der Waals surface area (Å²) < 4.78 is 1.79. The molecule has 0 aliphatic rings. The first-order chi connectivity index (χ1) is 9.56. The van der Waals surface area contributed by atoms with E-state index in [1.165, 1.54) is 11.3 Å². The molecule has 0 aliphatic heterocycles. The van der Waals surface area contributed by atoms with Crippen LogP contribution in [0.25, 0.3) is 16.2 Å². The second-order valence-electron chi connectivity index (χ2n) is 4.16. The van der Waals surface area contributed by atoms with Gasteiger partial charge in [-0.2, -0.15) is 0 Å². The third-order valence-electron chi connectivity index (χ3n) is 2.87. The molecule has 0 saturated heterocycles. The average molecular weight is 327 g/mol. The van der Waals surface area contributed by atoms with Crippen molar-refractivity contribution < 1.29 is 9.90 Å². The van der Waals surface area contributed by atoms with Crippen LogP contribution >= 0.6 is 34.5 Å². The van der Waals surface area contributed by atoms with Crippen LogP contribution < -0.4 is 0 Å². The molecule has 0 spiro atoms. The van der Waals surface area contributed by atoms with Crippen LogP contribution in [0.15, 0.2) is 29.8 Å². The van der Waals surface area contributed by atoms with E-state index in [0.717, 1.165) is 10.5 Å². The summed E-state index contributed by atoms with van der Waals surface area (Å²) in [6.07, 6.45) is 1.71. The van der Waals surface area contributed by atoms with Gasteiger partial charge in [0, 0.05) is 17.1 Å². The summed E-state index contributed by atoms with van der Waals surface area (Å²) in [5.74, 6) is -0.903. The largest absolute Gasteiger partial charge is 0.481 e. The Kier molecular flexibility index (Phi) is 3.41. The van der Waals surface area contributed by atoms with Crippen molar-refractivity contribution in [3.63, 3.8) is 0 Å². The number of carboxylic acid groups (broad SMARTS) is 1. The summed E-state index contributed by atoms with van der Waals surface area (Å²) in [6.45, 7) is 0. The van der Waals surface area contributed by atoms with Gasteiger partial charge in [0.2, 0.25) is 0 Å². The van der Waals surface area contributed by atoms with Crippen LogP contribution in [0.3, 0.4) is 0 Å². The fraction of sp³-hybridized carbons (Fsp3) is 0.0769. The number of imidazole rings is 1. The van der Waals surface area contributed by atoms with Gasteiger partial charge < -0.3 is 5.11 Å². The maximum absolute atomic E-state index is 11.1. The number of carboxylic acids is 1. The van der Waals surface area contributed by atoms with E-state index < -0.39 is 5.97 Å². The average Bonchev–Trinajstić information content (AvgIpc) is 2.95. The number of nitrogens with zero attached hydrogens (tertiary/aromatic N) is 2. The number of hydrogen-bond acceptors (Lipinski definition) is 3. The minimum atomic E-state index is -0.903. The molecule has 0 aliphatic carbocycles. The number of fused-ring (bicyclic) bond motifs is 1. The van der Waals surface area contributed by atoms with Crippen LogP contribution in [-0.4, -0.2) is 20.5 Å². The first kappa shape index (κ1) is 13.4. The van der Waals surface area contributed by atoms with Crippen molar-refractivity contribution in [3.8, 4) is 11.3 Å². The maximum Gasteiger partial charge on any atom is 0.309 e. The van der Waals surface area contributed by atoms with Gasteiger partial charge in [0.1, 0.15) is 0 Å². The molecule has 3 rings (SSSR count). The summed E-state index contributed by atoms with van der Waals surface area (Å²) in [4.78, 5) is 16.3. The summed E-state index contributed by atoms with van der Waals surface area (Å²) in [5.41, 5.74) is 2.01. The molecule has 0 fully saturated rings. The normalized spacial score (nSPS) is 11.1. The minimum Gasteiger partial charge on any atom is -0.481 e. The van der Waals surface area contributed by atoms with Crippen molar-refractivity contribution in [2.75, 3.05) is 0 Å². The predicted octanol–water partition coefficient (Wildman–Crippen LogP) is 4.00.